The summed E-state index contributed by atoms with van der Waals surface area (Å²) in [5.41, 5.74) is 7.77. The number of hydrogen-bond acceptors (Lipinski definition) is 3. The third-order valence-electron chi connectivity index (χ3n) is 6.22. The first kappa shape index (κ1) is 23.5. The molecular weight excluding hydrogens is 402 g/mol. The highest BCUT2D eigenvalue weighted by Crippen LogP contribution is 2.24. The topological polar surface area (TPSA) is 101 Å². The van der Waals surface area contributed by atoms with Gasteiger partial charge in [-0.3, -0.25) is 14.4 Å². The lowest BCUT2D eigenvalue weighted by Gasteiger charge is -2.30. The van der Waals surface area contributed by atoms with Crippen LogP contribution in [0, 0.1) is 11.8 Å². The maximum atomic E-state index is 13.0. The van der Waals surface area contributed by atoms with Crippen molar-refractivity contribution in [1.82, 2.24) is 10.6 Å². The number of carbonyl (C=O) groups excluding carboxylic acids is 3. The van der Waals surface area contributed by atoms with Crippen LogP contribution in [0.25, 0.3) is 0 Å². The van der Waals surface area contributed by atoms with Crippen LogP contribution >= 0.6 is 0 Å². The summed E-state index contributed by atoms with van der Waals surface area (Å²) in [7, 11) is 0. The number of nitrogens with one attached hydrogen (secondary N) is 2. The summed E-state index contributed by atoms with van der Waals surface area (Å²) in [5.74, 6) is -1.35. The molecule has 170 valence electrons. The highest BCUT2D eigenvalue weighted by atomic mass is 16.2. The van der Waals surface area contributed by atoms with Gasteiger partial charge in [0.2, 0.25) is 17.7 Å². The van der Waals surface area contributed by atoms with Crippen molar-refractivity contribution < 1.29 is 14.4 Å². The Morgan fingerprint density at radius 3 is 2.19 bits per heavy atom. The molecule has 4 N–H and O–H groups in total. The average molecular weight is 436 g/mol. The molecule has 3 rings (SSSR count). The van der Waals surface area contributed by atoms with Crippen LogP contribution in [0.2, 0.25) is 0 Å². The Bertz CT molecular complexity index is 886. The first-order valence-electron chi connectivity index (χ1n) is 11.5. The number of nitrogens with two attached hydrogens (primary N) is 1. The van der Waals surface area contributed by atoms with Gasteiger partial charge >= 0.3 is 0 Å². The second kappa shape index (κ2) is 12.0. The second-order valence-corrected chi connectivity index (χ2v) is 8.60. The lowest BCUT2D eigenvalue weighted by Crippen LogP contribution is -2.50. The Morgan fingerprint density at radius 2 is 1.53 bits per heavy atom. The fourth-order valence-electron chi connectivity index (χ4n) is 4.42. The van der Waals surface area contributed by atoms with Gasteiger partial charge in [-0.05, 0) is 43.2 Å². The van der Waals surface area contributed by atoms with E-state index in [-0.39, 0.29) is 42.1 Å². The molecule has 1 saturated carbocycles. The number of amides is 3. The monoisotopic (exact) mass is 435 g/mol. The molecular formula is C26H33N3O3. The fraction of sp³-hybridized carbons (Fsp3) is 0.423. The SMILES string of the molecule is NC(=O)[C@@H]1CCCC[C@H]1NC(=O)CNC(=O)C(CCc1ccccc1)Cc1ccccc1. The highest BCUT2D eigenvalue weighted by Gasteiger charge is 2.30. The number of benzene rings is 2. The molecule has 0 radical (unpaired) electrons. The van der Waals surface area contributed by atoms with Gasteiger partial charge < -0.3 is 16.4 Å². The summed E-state index contributed by atoms with van der Waals surface area (Å²) in [5, 5.41) is 5.70. The van der Waals surface area contributed by atoms with E-state index in [0.717, 1.165) is 31.2 Å². The Morgan fingerprint density at radius 1 is 0.906 bits per heavy atom. The zero-order valence-electron chi connectivity index (χ0n) is 18.5. The number of aryl methyl sites for hydroxylation is 1. The summed E-state index contributed by atoms with van der Waals surface area (Å²) in [6.45, 7) is -0.0998. The number of carbonyl (C=O) groups is 3. The van der Waals surface area contributed by atoms with Crippen LogP contribution in [-0.2, 0) is 27.2 Å². The predicted octanol–water partition coefficient (Wildman–Crippen LogP) is 2.75. The van der Waals surface area contributed by atoms with E-state index in [1.165, 1.54) is 5.56 Å². The zero-order valence-corrected chi connectivity index (χ0v) is 18.5. The van der Waals surface area contributed by atoms with Gasteiger partial charge in [0.1, 0.15) is 0 Å². The molecule has 0 aromatic heterocycles. The maximum Gasteiger partial charge on any atom is 0.239 e. The maximum absolute atomic E-state index is 13.0. The normalized spacial score (nSPS) is 19.0. The Hall–Kier alpha value is -3.15. The Kier molecular flexibility index (Phi) is 8.84. The zero-order chi connectivity index (χ0) is 22.8. The summed E-state index contributed by atoms with van der Waals surface area (Å²) < 4.78 is 0. The van der Waals surface area contributed by atoms with Crippen LogP contribution in [0.5, 0.6) is 0 Å². The van der Waals surface area contributed by atoms with E-state index >= 15 is 0 Å². The molecule has 3 amide bonds. The Balaban J connectivity index is 1.56. The van der Waals surface area contributed by atoms with Crippen LogP contribution < -0.4 is 16.4 Å². The van der Waals surface area contributed by atoms with E-state index in [4.69, 9.17) is 5.73 Å². The van der Waals surface area contributed by atoms with E-state index in [1.54, 1.807) is 0 Å². The van der Waals surface area contributed by atoms with Crippen molar-refractivity contribution in [2.75, 3.05) is 6.54 Å². The third-order valence-corrected chi connectivity index (χ3v) is 6.22. The first-order valence-corrected chi connectivity index (χ1v) is 11.5. The van der Waals surface area contributed by atoms with Crippen molar-refractivity contribution in [2.24, 2.45) is 17.6 Å². The fourth-order valence-corrected chi connectivity index (χ4v) is 4.42. The van der Waals surface area contributed by atoms with Crippen molar-refractivity contribution in [3.8, 4) is 0 Å². The van der Waals surface area contributed by atoms with Crippen molar-refractivity contribution in [1.29, 1.82) is 0 Å². The van der Waals surface area contributed by atoms with Crippen LogP contribution in [0.15, 0.2) is 60.7 Å². The molecule has 3 atom stereocenters. The molecule has 1 unspecified atom stereocenters. The molecule has 0 aliphatic heterocycles. The smallest absolute Gasteiger partial charge is 0.239 e. The number of primary amides is 1. The summed E-state index contributed by atoms with van der Waals surface area (Å²) in [4.78, 5) is 37.1. The average Bonchev–Trinajstić information content (AvgIpc) is 2.81. The minimum atomic E-state index is -0.372. The third kappa shape index (κ3) is 7.22. The number of hydrogen-bond donors (Lipinski definition) is 3. The van der Waals surface area contributed by atoms with E-state index in [2.05, 4.69) is 22.8 Å². The lowest BCUT2D eigenvalue weighted by atomic mass is 9.84. The molecule has 32 heavy (non-hydrogen) atoms. The molecule has 2 aromatic carbocycles. The number of rotatable bonds is 10. The molecule has 0 bridgehead atoms. The molecule has 1 aliphatic carbocycles. The predicted molar refractivity (Wildman–Crippen MR) is 124 cm³/mol. The molecule has 6 heteroatoms. The van der Waals surface area contributed by atoms with Gasteiger partial charge in [-0.2, -0.15) is 0 Å². The lowest BCUT2D eigenvalue weighted by molar-refractivity contribution is -0.130. The van der Waals surface area contributed by atoms with Crippen molar-refractivity contribution in [2.45, 2.75) is 51.0 Å². The molecule has 6 nitrogen and oxygen atoms in total. The molecule has 2 aromatic rings. The van der Waals surface area contributed by atoms with Crippen molar-refractivity contribution in [3.05, 3.63) is 71.8 Å². The van der Waals surface area contributed by atoms with Crippen LogP contribution in [0.1, 0.15) is 43.2 Å². The molecule has 0 spiro atoms. The van der Waals surface area contributed by atoms with Gasteiger partial charge in [0.05, 0.1) is 12.5 Å². The standard InChI is InChI=1S/C26H33N3O3/c27-25(31)22-13-7-8-14-23(22)29-24(30)18-28-26(32)21(17-20-11-5-2-6-12-20)16-15-19-9-3-1-4-10-19/h1-6,9-12,21-23H,7-8,13-18H2,(H2,27,31)(H,28,32)(H,29,30)/t21?,22-,23-/m1/s1. The molecule has 0 saturated heterocycles. The Labute approximate surface area is 190 Å². The molecule has 1 fully saturated rings. The summed E-state index contributed by atoms with van der Waals surface area (Å²) in [6.07, 6.45) is 5.44. The largest absolute Gasteiger partial charge is 0.369 e. The van der Waals surface area contributed by atoms with E-state index in [9.17, 15) is 14.4 Å². The van der Waals surface area contributed by atoms with Crippen LogP contribution in [-0.4, -0.2) is 30.3 Å². The molecule has 1 aliphatic rings. The quantitative estimate of drug-likeness (QED) is 0.535. The minimum absolute atomic E-state index is 0.0998. The highest BCUT2D eigenvalue weighted by molar-refractivity contribution is 5.86. The summed E-state index contributed by atoms with van der Waals surface area (Å²) in [6, 6.07) is 19.8. The van der Waals surface area contributed by atoms with Gasteiger partial charge in [0.15, 0.2) is 0 Å². The second-order valence-electron chi connectivity index (χ2n) is 8.60. The van der Waals surface area contributed by atoms with Gasteiger partial charge in [-0.1, -0.05) is 73.5 Å². The van der Waals surface area contributed by atoms with Crippen LogP contribution in [0.3, 0.4) is 0 Å². The van der Waals surface area contributed by atoms with Crippen molar-refractivity contribution in [3.63, 3.8) is 0 Å². The van der Waals surface area contributed by atoms with Gasteiger partial charge in [0.25, 0.3) is 0 Å². The van der Waals surface area contributed by atoms with Gasteiger partial charge in [0, 0.05) is 12.0 Å². The van der Waals surface area contributed by atoms with Crippen molar-refractivity contribution >= 4 is 17.7 Å². The van der Waals surface area contributed by atoms with Gasteiger partial charge in [-0.25, -0.2) is 0 Å². The van der Waals surface area contributed by atoms with Gasteiger partial charge in [-0.15, -0.1) is 0 Å². The van der Waals surface area contributed by atoms with E-state index < -0.39 is 0 Å². The molecule has 0 heterocycles. The van der Waals surface area contributed by atoms with E-state index in [1.807, 2.05) is 48.5 Å². The summed E-state index contributed by atoms with van der Waals surface area (Å²) >= 11 is 0. The van der Waals surface area contributed by atoms with E-state index in [0.29, 0.717) is 19.3 Å². The first-order chi connectivity index (χ1) is 15.5. The van der Waals surface area contributed by atoms with Crippen LogP contribution in [0.4, 0.5) is 0 Å². The minimum Gasteiger partial charge on any atom is -0.369 e.